The summed E-state index contributed by atoms with van der Waals surface area (Å²) in [5, 5.41) is 0.755. The highest BCUT2D eigenvalue weighted by Crippen LogP contribution is 2.28. The van der Waals surface area contributed by atoms with Crippen LogP contribution in [0.4, 0.5) is 11.6 Å². The van der Waals surface area contributed by atoms with Crippen LogP contribution in [0, 0.1) is 5.92 Å². The Labute approximate surface area is 107 Å². The van der Waals surface area contributed by atoms with Gasteiger partial charge in [-0.15, -0.1) is 0 Å². The van der Waals surface area contributed by atoms with E-state index in [0.717, 1.165) is 23.4 Å². The Kier molecular flexibility index (Phi) is 3.76. The number of anilines is 2. The number of rotatable bonds is 2. The third-order valence-electron chi connectivity index (χ3n) is 3.33. The number of aromatic nitrogens is 2. The van der Waals surface area contributed by atoms with Crippen LogP contribution in [-0.2, 0) is 0 Å². The fraction of sp³-hybridized carbons (Fsp3) is 0.667. The van der Waals surface area contributed by atoms with Crippen LogP contribution in [-0.4, -0.2) is 28.8 Å². The van der Waals surface area contributed by atoms with Crippen LogP contribution in [0.3, 0.4) is 0 Å². The molecule has 0 aromatic carbocycles. The highest BCUT2D eigenvalue weighted by molar-refractivity contribution is 7.98. The summed E-state index contributed by atoms with van der Waals surface area (Å²) in [5.41, 5.74) is 5.82. The number of nitrogen functional groups attached to an aromatic ring is 1. The van der Waals surface area contributed by atoms with Crippen molar-refractivity contribution in [3.63, 3.8) is 0 Å². The number of hydrogen-bond acceptors (Lipinski definition) is 5. The minimum Gasteiger partial charge on any atom is -0.383 e. The van der Waals surface area contributed by atoms with Crippen LogP contribution in [0.1, 0.15) is 26.7 Å². The molecule has 1 aromatic heterocycles. The van der Waals surface area contributed by atoms with Gasteiger partial charge < -0.3 is 10.6 Å². The predicted molar refractivity (Wildman–Crippen MR) is 73.4 cm³/mol. The first-order chi connectivity index (χ1) is 8.10. The normalized spacial score (nSPS) is 25.0. The maximum absolute atomic E-state index is 5.82. The standard InChI is InChI=1S/C12H20N4S/c1-8-4-5-16(9(2)6-8)11-7-10(13)14-12(15-11)17-3/h7-9H,4-6H2,1-3H3,(H2,13,14,15). The van der Waals surface area contributed by atoms with Gasteiger partial charge in [0.2, 0.25) is 0 Å². The van der Waals surface area contributed by atoms with Crippen LogP contribution in [0.25, 0.3) is 0 Å². The number of nitrogens with zero attached hydrogens (tertiary/aromatic N) is 3. The molecule has 1 aliphatic heterocycles. The van der Waals surface area contributed by atoms with Gasteiger partial charge in [0.25, 0.3) is 0 Å². The summed E-state index contributed by atoms with van der Waals surface area (Å²) < 4.78 is 0. The van der Waals surface area contributed by atoms with Gasteiger partial charge in [-0.25, -0.2) is 9.97 Å². The Morgan fingerprint density at radius 2 is 2.18 bits per heavy atom. The molecule has 0 aliphatic carbocycles. The fourth-order valence-corrected chi connectivity index (χ4v) is 2.80. The van der Waals surface area contributed by atoms with E-state index in [1.807, 2.05) is 12.3 Å². The van der Waals surface area contributed by atoms with E-state index in [0.29, 0.717) is 11.9 Å². The van der Waals surface area contributed by atoms with Gasteiger partial charge in [-0.2, -0.15) is 0 Å². The molecule has 1 saturated heterocycles. The molecule has 94 valence electrons. The maximum Gasteiger partial charge on any atom is 0.191 e. The molecule has 2 unspecified atom stereocenters. The van der Waals surface area contributed by atoms with E-state index in [2.05, 4.69) is 28.7 Å². The summed E-state index contributed by atoms with van der Waals surface area (Å²) in [5.74, 6) is 2.34. The van der Waals surface area contributed by atoms with Crippen molar-refractivity contribution in [2.75, 3.05) is 23.4 Å². The van der Waals surface area contributed by atoms with Gasteiger partial charge in [-0.05, 0) is 31.9 Å². The molecule has 17 heavy (non-hydrogen) atoms. The Bertz CT molecular complexity index is 396. The second-order valence-corrected chi connectivity index (χ2v) is 5.58. The van der Waals surface area contributed by atoms with Crippen molar-refractivity contribution in [3.8, 4) is 0 Å². The second kappa shape index (κ2) is 5.12. The van der Waals surface area contributed by atoms with Crippen molar-refractivity contribution >= 4 is 23.4 Å². The Morgan fingerprint density at radius 1 is 1.41 bits per heavy atom. The Balaban J connectivity index is 2.24. The van der Waals surface area contributed by atoms with E-state index in [1.165, 1.54) is 24.6 Å². The van der Waals surface area contributed by atoms with Gasteiger partial charge in [0.05, 0.1) is 0 Å². The molecule has 0 radical (unpaired) electrons. The average Bonchev–Trinajstić information content (AvgIpc) is 2.28. The van der Waals surface area contributed by atoms with Crippen molar-refractivity contribution in [1.82, 2.24) is 9.97 Å². The largest absolute Gasteiger partial charge is 0.383 e. The van der Waals surface area contributed by atoms with Crippen LogP contribution >= 0.6 is 11.8 Å². The van der Waals surface area contributed by atoms with Crippen molar-refractivity contribution < 1.29 is 0 Å². The zero-order valence-corrected chi connectivity index (χ0v) is 11.5. The minimum atomic E-state index is 0.530. The highest BCUT2D eigenvalue weighted by Gasteiger charge is 2.24. The number of piperidine rings is 1. The van der Waals surface area contributed by atoms with Gasteiger partial charge in [0.1, 0.15) is 11.6 Å². The molecule has 5 heteroatoms. The van der Waals surface area contributed by atoms with Crippen molar-refractivity contribution in [2.24, 2.45) is 5.92 Å². The summed E-state index contributed by atoms with van der Waals surface area (Å²) in [4.78, 5) is 11.1. The van der Waals surface area contributed by atoms with Gasteiger partial charge in [-0.3, -0.25) is 0 Å². The lowest BCUT2D eigenvalue weighted by Crippen LogP contribution is -2.40. The summed E-state index contributed by atoms with van der Waals surface area (Å²) in [6.07, 6.45) is 4.42. The number of hydrogen-bond donors (Lipinski definition) is 1. The molecular weight excluding hydrogens is 232 g/mol. The third-order valence-corrected chi connectivity index (χ3v) is 3.87. The molecule has 0 amide bonds. The third kappa shape index (κ3) is 2.83. The van der Waals surface area contributed by atoms with Gasteiger partial charge >= 0.3 is 0 Å². The molecule has 1 fully saturated rings. The second-order valence-electron chi connectivity index (χ2n) is 4.81. The summed E-state index contributed by atoms with van der Waals surface area (Å²) in [6.45, 7) is 5.63. The number of nitrogens with two attached hydrogens (primary N) is 1. The monoisotopic (exact) mass is 252 g/mol. The lowest BCUT2D eigenvalue weighted by Gasteiger charge is -2.37. The molecule has 0 saturated carbocycles. The fourth-order valence-electron chi connectivity index (χ4n) is 2.42. The molecule has 0 spiro atoms. The molecule has 2 atom stereocenters. The van der Waals surface area contributed by atoms with E-state index >= 15 is 0 Å². The maximum atomic E-state index is 5.82. The smallest absolute Gasteiger partial charge is 0.191 e. The lowest BCUT2D eigenvalue weighted by molar-refractivity contribution is 0.375. The molecule has 2 heterocycles. The van der Waals surface area contributed by atoms with Crippen LogP contribution < -0.4 is 10.6 Å². The molecule has 0 bridgehead atoms. The van der Waals surface area contributed by atoms with E-state index in [-0.39, 0.29) is 0 Å². The van der Waals surface area contributed by atoms with E-state index in [4.69, 9.17) is 5.73 Å². The Morgan fingerprint density at radius 3 is 2.82 bits per heavy atom. The van der Waals surface area contributed by atoms with E-state index < -0.39 is 0 Å². The molecular formula is C12H20N4S. The Hall–Kier alpha value is -0.970. The quantitative estimate of drug-likeness (QED) is 0.647. The minimum absolute atomic E-state index is 0.530. The van der Waals surface area contributed by atoms with E-state index in [1.54, 1.807) is 0 Å². The predicted octanol–water partition coefficient (Wildman–Crippen LogP) is 2.41. The summed E-state index contributed by atoms with van der Waals surface area (Å²) in [7, 11) is 0. The first-order valence-electron chi connectivity index (χ1n) is 6.05. The topological polar surface area (TPSA) is 55.0 Å². The van der Waals surface area contributed by atoms with Gasteiger partial charge in [0.15, 0.2) is 5.16 Å². The van der Waals surface area contributed by atoms with Gasteiger partial charge in [-0.1, -0.05) is 18.7 Å². The highest BCUT2D eigenvalue weighted by atomic mass is 32.2. The first kappa shape index (κ1) is 12.5. The van der Waals surface area contributed by atoms with Crippen molar-refractivity contribution in [3.05, 3.63) is 6.07 Å². The molecule has 2 rings (SSSR count). The lowest BCUT2D eigenvalue weighted by atomic mass is 9.93. The van der Waals surface area contributed by atoms with E-state index in [9.17, 15) is 0 Å². The molecule has 4 nitrogen and oxygen atoms in total. The van der Waals surface area contributed by atoms with Crippen LogP contribution in [0.15, 0.2) is 11.2 Å². The summed E-state index contributed by atoms with van der Waals surface area (Å²) in [6, 6.07) is 2.41. The van der Waals surface area contributed by atoms with Crippen LogP contribution in [0.5, 0.6) is 0 Å². The van der Waals surface area contributed by atoms with Crippen molar-refractivity contribution in [2.45, 2.75) is 37.9 Å². The molecule has 2 N–H and O–H groups in total. The van der Waals surface area contributed by atoms with Crippen LogP contribution in [0.2, 0.25) is 0 Å². The van der Waals surface area contributed by atoms with Crippen molar-refractivity contribution in [1.29, 1.82) is 0 Å². The summed E-state index contributed by atoms with van der Waals surface area (Å²) >= 11 is 1.53. The molecule has 1 aromatic rings. The number of thioether (sulfide) groups is 1. The zero-order valence-electron chi connectivity index (χ0n) is 10.7. The SMILES string of the molecule is CSc1nc(N)cc(N2CCC(C)CC2C)n1. The molecule has 1 aliphatic rings. The van der Waals surface area contributed by atoms with Gasteiger partial charge in [0, 0.05) is 18.7 Å². The first-order valence-corrected chi connectivity index (χ1v) is 7.28. The average molecular weight is 252 g/mol. The zero-order chi connectivity index (χ0) is 12.4.